The van der Waals surface area contributed by atoms with Gasteiger partial charge in [0.15, 0.2) is 0 Å². The van der Waals surface area contributed by atoms with Crippen LogP contribution in [0.1, 0.15) is 32.7 Å². The third kappa shape index (κ3) is 3.79. The van der Waals surface area contributed by atoms with Gasteiger partial charge in [0.25, 0.3) is 11.8 Å². The van der Waals surface area contributed by atoms with E-state index in [4.69, 9.17) is 0 Å². The van der Waals surface area contributed by atoms with Crippen molar-refractivity contribution in [2.75, 3.05) is 26.2 Å². The second-order valence-corrected chi connectivity index (χ2v) is 6.19. The van der Waals surface area contributed by atoms with Crippen LogP contribution in [0.25, 0.3) is 0 Å². The summed E-state index contributed by atoms with van der Waals surface area (Å²) in [6.07, 6.45) is 3.90. The molecule has 1 aliphatic rings. The minimum atomic E-state index is -0.195. The first-order valence-electron chi connectivity index (χ1n) is 8.34. The van der Waals surface area contributed by atoms with Crippen molar-refractivity contribution in [3.05, 3.63) is 59.4 Å². The van der Waals surface area contributed by atoms with Gasteiger partial charge in [-0.25, -0.2) is 0 Å². The number of hydrogen-bond acceptors (Lipinski definition) is 4. The van der Waals surface area contributed by atoms with Crippen molar-refractivity contribution in [2.24, 2.45) is 0 Å². The van der Waals surface area contributed by atoms with Gasteiger partial charge in [0.2, 0.25) is 0 Å². The summed E-state index contributed by atoms with van der Waals surface area (Å²) in [7, 11) is 0. The number of phenolic OH excluding ortho intramolecular Hbond substituents is 1. The average Bonchev–Trinajstić information content (AvgIpc) is 2.89. The molecule has 0 spiro atoms. The Hall–Kier alpha value is -2.89. The highest BCUT2D eigenvalue weighted by molar-refractivity contribution is 5.97. The van der Waals surface area contributed by atoms with E-state index in [0.717, 1.165) is 5.56 Å². The Balaban J connectivity index is 1.70. The number of carbonyl (C=O) groups is 2. The lowest BCUT2D eigenvalue weighted by Gasteiger charge is -2.22. The summed E-state index contributed by atoms with van der Waals surface area (Å²) in [6, 6.07) is 8.40. The summed E-state index contributed by atoms with van der Waals surface area (Å²) in [5.41, 5.74) is 1.84. The lowest BCUT2D eigenvalue weighted by molar-refractivity contribution is 0.0717. The van der Waals surface area contributed by atoms with Crippen LogP contribution >= 0.6 is 0 Å². The Labute approximate surface area is 146 Å². The van der Waals surface area contributed by atoms with Gasteiger partial charge in [0, 0.05) is 44.1 Å². The molecule has 0 unspecified atom stereocenters. The average molecular weight is 339 g/mol. The molecule has 2 heterocycles. The van der Waals surface area contributed by atoms with Crippen LogP contribution < -0.4 is 0 Å². The first-order chi connectivity index (χ1) is 12.1. The number of aryl methyl sites for hydroxylation is 1. The summed E-state index contributed by atoms with van der Waals surface area (Å²) < 4.78 is 0. The van der Waals surface area contributed by atoms with Gasteiger partial charge in [0.05, 0.1) is 5.56 Å². The molecule has 6 nitrogen and oxygen atoms in total. The molecule has 25 heavy (non-hydrogen) atoms. The highest BCUT2D eigenvalue weighted by Gasteiger charge is 2.24. The van der Waals surface area contributed by atoms with Crippen molar-refractivity contribution in [2.45, 2.75) is 13.3 Å². The second kappa shape index (κ2) is 7.34. The smallest absolute Gasteiger partial charge is 0.257 e. The van der Waals surface area contributed by atoms with Gasteiger partial charge in [-0.3, -0.25) is 14.6 Å². The van der Waals surface area contributed by atoms with Gasteiger partial charge in [-0.2, -0.15) is 0 Å². The van der Waals surface area contributed by atoms with Gasteiger partial charge in [0.1, 0.15) is 5.75 Å². The van der Waals surface area contributed by atoms with E-state index in [2.05, 4.69) is 4.98 Å². The highest BCUT2D eigenvalue weighted by Crippen LogP contribution is 2.21. The maximum absolute atomic E-state index is 12.7. The molecule has 2 amide bonds. The maximum atomic E-state index is 12.7. The van der Waals surface area contributed by atoms with Crippen molar-refractivity contribution in [1.29, 1.82) is 0 Å². The Kier molecular flexibility index (Phi) is 4.97. The molecule has 0 saturated carbocycles. The van der Waals surface area contributed by atoms with E-state index in [1.54, 1.807) is 52.5 Å². The predicted octanol–water partition coefficient (Wildman–Crippen LogP) is 2.08. The molecule has 0 aliphatic carbocycles. The minimum Gasteiger partial charge on any atom is -0.507 e. The minimum absolute atomic E-state index is 0.00966. The molecule has 1 aromatic carbocycles. The van der Waals surface area contributed by atoms with Crippen LogP contribution in [0.5, 0.6) is 5.75 Å². The SMILES string of the molecule is Cc1ccc(O)c(C(=O)N2CCCN(C(=O)c3ccncc3)CC2)c1. The molecular formula is C19H21N3O3. The number of carbonyl (C=O) groups excluding carboxylic acids is 2. The first kappa shape index (κ1) is 17.0. The number of aromatic hydroxyl groups is 1. The summed E-state index contributed by atoms with van der Waals surface area (Å²) in [6.45, 7) is 3.97. The molecule has 6 heteroatoms. The molecule has 130 valence electrons. The van der Waals surface area contributed by atoms with Crippen molar-refractivity contribution in [3.63, 3.8) is 0 Å². The number of rotatable bonds is 2. The van der Waals surface area contributed by atoms with E-state index in [0.29, 0.717) is 43.7 Å². The third-order valence-corrected chi connectivity index (χ3v) is 4.38. The molecule has 1 fully saturated rings. The maximum Gasteiger partial charge on any atom is 0.257 e. The van der Waals surface area contributed by atoms with Crippen LogP contribution in [-0.2, 0) is 0 Å². The lowest BCUT2D eigenvalue weighted by atomic mass is 10.1. The number of amides is 2. The topological polar surface area (TPSA) is 73.7 Å². The van der Waals surface area contributed by atoms with E-state index < -0.39 is 0 Å². The fourth-order valence-corrected chi connectivity index (χ4v) is 2.99. The summed E-state index contributed by atoms with van der Waals surface area (Å²) >= 11 is 0. The molecule has 1 aromatic heterocycles. The molecule has 1 aliphatic heterocycles. The number of hydrogen-bond donors (Lipinski definition) is 1. The summed E-state index contributed by atoms with van der Waals surface area (Å²) in [4.78, 5) is 32.7. The largest absolute Gasteiger partial charge is 0.507 e. The Morgan fingerprint density at radius 3 is 2.28 bits per heavy atom. The number of nitrogens with zero attached hydrogens (tertiary/aromatic N) is 3. The number of pyridine rings is 1. The Morgan fingerprint density at radius 2 is 1.60 bits per heavy atom. The van der Waals surface area contributed by atoms with Gasteiger partial charge in [-0.1, -0.05) is 11.6 Å². The van der Waals surface area contributed by atoms with Crippen LogP contribution in [0.4, 0.5) is 0 Å². The van der Waals surface area contributed by atoms with E-state index in [1.807, 2.05) is 6.92 Å². The Bertz CT molecular complexity index is 777. The van der Waals surface area contributed by atoms with Gasteiger partial charge < -0.3 is 14.9 Å². The molecule has 1 saturated heterocycles. The Morgan fingerprint density at radius 1 is 0.960 bits per heavy atom. The van der Waals surface area contributed by atoms with Gasteiger partial charge in [-0.15, -0.1) is 0 Å². The number of aromatic nitrogens is 1. The summed E-state index contributed by atoms with van der Waals surface area (Å²) in [5.74, 6) is -0.251. The fourth-order valence-electron chi connectivity index (χ4n) is 2.99. The lowest BCUT2D eigenvalue weighted by Crippen LogP contribution is -2.37. The first-order valence-corrected chi connectivity index (χ1v) is 8.34. The van der Waals surface area contributed by atoms with E-state index in [-0.39, 0.29) is 17.6 Å². The van der Waals surface area contributed by atoms with Crippen LogP contribution in [0.2, 0.25) is 0 Å². The van der Waals surface area contributed by atoms with Gasteiger partial charge >= 0.3 is 0 Å². The highest BCUT2D eigenvalue weighted by atomic mass is 16.3. The fraction of sp³-hybridized carbons (Fsp3) is 0.316. The monoisotopic (exact) mass is 339 g/mol. The third-order valence-electron chi connectivity index (χ3n) is 4.38. The van der Waals surface area contributed by atoms with Crippen molar-refractivity contribution < 1.29 is 14.7 Å². The molecule has 0 bridgehead atoms. The van der Waals surface area contributed by atoms with Gasteiger partial charge in [-0.05, 0) is 37.6 Å². The quantitative estimate of drug-likeness (QED) is 0.909. The van der Waals surface area contributed by atoms with E-state index in [9.17, 15) is 14.7 Å². The van der Waals surface area contributed by atoms with Crippen LogP contribution in [0.3, 0.4) is 0 Å². The molecule has 0 atom stereocenters. The normalized spacial score (nSPS) is 14.9. The zero-order valence-electron chi connectivity index (χ0n) is 14.2. The molecule has 3 rings (SSSR count). The van der Waals surface area contributed by atoms with Crippen LogP contribution in [0, 0.1) is 6.92 Å². The van der Waals surface area contributed by atoms with Crippen molar-refractivity contribution in [1.82, 2.24) is 14.8 Å². The van der Waals surface area contributed by atoms with E-state index >= 15 is 0 Å². The van der Waals surface area contributed by atoms with Crippen LogP contribution in [0.15, 0.2) is 42.7 Å². The van der Waals surface area contributed by atoms with Crippen molar-refractivity contribution >= 4 is 11.8 Å². The standard InChI is InChI=1S/C19H21N3O3/c1-14-3-4-17(23)16(13-14)19(25)22-10-2-9-21(11-12-22)18(24)15-5-7-20-8-6-15/h3-8,13,23H,2,9-12H2,1H3. The number of benzene rings is 1. The zero-order chi connectivity index (χ0) is 17.8. The van der Waals surface area contributed by atoms with E-state index in [1.165, 1.54) is 0 Å². The predicted molar refractivity (Wildman–Crippen MR) is 93.5 cm³/mol. The summed E-state index contributed by atoms with van der Waals surface area (Å²) in [5, 5.41) is 9.98. The molecule has 2 aromatic rings. The molecule has 0 radical (unpaired) electrons. The van der Waals surface area contributed by atoms with Crippen molar-refractivity contribution in [3.8, 4) is 5.75 Å². The molecule has 1 N–H and O–H groups in total. The molecular weight excluding hydrogens is 318 g/mol. The van der Waals surface area contributed by atoms with Crippen LogP contribution in [-0.4, -0.2) is 57.9 Å². The zero-order valence-corrected chi connectivity index (χ0v) is 14.2. The number of phenols is 1. The second-order valence-electron chi connectivity index (χ2n) is 6.19.